The second kappa shape index (κ2) is 10.5. The molecule has 3 rings (SSSR count). The zero-order valence-electron chi connectivity index (χ0n) is 18.5. The predicted octanol–water partition coefficient (Wildman–Crippen LogP) is 3.95. The van der Waals surface area contributed by atoms with Crippen molar-refractivity contribution in [2.75, 3.05) is 23.8 Å². The first kappa shape index (κ1) is 22.9. The number of nitrogens with zero attached hydrogens (tertiary/aromatic N) is 3. The number of hydrogen-bond acceptors (Lipinski definition) is 8. The molecule has 0 aliphatic rings. The summed E-state index contributed by atoms with van der Waals surface area (Å²) >= 11 is 0. The molecule has 0 atom stereocenters. The predicted molar refractivity (Wildman–Crippen MR) is 125 cm³/mol. The molecule has 3 N–H and O–H groups in total. The number of anilines is 4. The van der Waals surface area contributed by atoms with Gasteiger partial charge in [-0.2, -0.15) is 4.98 Å². The van der Waals surface area contributed by atoms with Crippen LogP contribution in [0.1, 0.15) is 22.3 Å². The van der Waals surface area contributed by atoms with E-state index in [1.54, 1.807) is 18.5 Å². The van der Waals surface area contributed by atoms with E-state index >= 15 is 0 Å². The van der Waals surface area contributed by atoms with Gasteiger partial charge >= 0.3 is 0 Å². The van der Waals surface area contributed by atoms with Gasteiger partial charge < -0.3 is 20.5 Å². The zero-order chi connectivity index (χ0) is 23.1. The van der Waals surface area contributed by atoms with Crippen LogP contribution in [0.4, 0.5) is 23.1 Å². The number of aliphatic hydroxyl groups excluding tert-OH is 1. The minimum absolute atomic E-state index is 0.0483. The Morgan fingerprint density at radius 3 is 2.62 bits per heavy atom. The normalized spacial score (nSPS) is 10.5. The second-order valence-corrected chi connectivity index (χ2v) is 7.39. The van der Waals surface area contributed by atoms with Gasteiger partial charge in [-0.25, -0.2) is 9.97 Å². The number of allylic oxidation sites excluding steroid dienone is 1. The van der Waals surface area contributed by atoms with Crippen molar-refractivity contribution in [1.82, 2.24) is 15.0 Å². The monoisotopic (exact) mass is 433 g/mol. The number of ether oxygens (including phenoxy) is 1. The lowest BCUT2D eigenvalue weighted by Gasteiger charge is -2.15. The fourth-order valence-corrected chi connectivity index (χ4v) is 3.00. The quantitative estimate of drug-likeness (QED) is 0.412. The maximum Gasteiger partial charge on any atom is 0.229 e. The standard InChI is InChI=1S/C24H27N5O3/c1-5-19(31)11-18-10-15(2)6-7-20(18)27-23-17(4)14-26-24(29-23)28-21-12-22(32-9-8-30)25-13-16(21)3/h5-7,10,12-14,30H,1,8-9,11H2,2-4H3,(H2,25,26,27,28,29). The molecule has 0 fully saturated rings. The van der Waals surface area contributed by atoms with Gasteiger partial charge in [-0.05, 0) is 44.0 Å². The van der Waals surface area contributed by atoms with Crippen molar-refractivity contribution in [3.8, 4) is 5.88 Å². The van der Waals surface area contributed by atoms with Gasteiger partial charge in [0, 0.05) is 36.1 Å². The average molecular weight is 434 g/mol. The van der Waals surface area contributed by atoms with Crippen molar-refractivity contribution < 1.29 is 14.6 Å². The van der Waals surface area contributed by atoms with Crippen LogP contribution in [0.5, 0.6) is 5.88 Å². The van der Waals surface area contributed by atoms with Crippen molar-refractivity contribution in [3.63, 3.8) is 0 Å². The van der Waals surface area contributed by atoms with E-state index in [-0.39, 0.29) is 25.4 Å². The molecule has 0 radical (unpaired) electrons. The number of aromatic nitrogens is 3. The third-order valence-electron chi connectivity index (χ3n) is 4.74. The highest BCUT2D eigenvalue weighted by Gasteiger charge is 2.11. The van der Waals surface area contributed by atoms with Gasteiger partial charge in [-0.15, -0.1) is 0 Å². The first-order valence-corrected chi connectivity index (χ1v) is 10.2. The number of carbonyl (C=O) groups is 1. The fraction of sp³-hybridized carbons (Fsp3) is 0.250. The molecule has 3 aromatic rings. The maximum atomic E-state index is 11.9. The first-order valence-electron chi connectivity index (χ1n) is 10.2. The van der Waals surface area contributed by atoms with E-state index in [4.69, 9.17) is 9.84 Å². The topological polar surface area (TPSA) is 109 Å². The molecule has 166 valence electrons. The van der Waals surface area contributed by atoms with Crippen molar-refractivity contribution in [3.05, 3.63) is 71.6 Å². The maximum absolute atomic E-state index is 11.9. The van der Waals surface area contributed by atoms with Gasteiger partial charge in [0.15, 0.2) is 5.78 Å². The highest BCUT2D eigenvalue weighted by atomic mass is 16.5. The van der Waals surface area contributed by atoms with Gasteiger partial charge in [0.05, 0.1) is 12.3 Å². The molecular weight excluding hydrogens is 406 g/mol. The van der Waals surface area contributed by atoms with Gasteiger partial charge in [0.2, 0.25) is 11.8 Å². The van der Waals surface area contributed by atoms with E-state index in [0.717, 1.165) is 33.6 Å². The third-order valence-corrected chi connectivity index (χ3v) is 4.74. The average Bonchev–Trinajstić information content (AvgIpc) is 2.78. The number of benzene rings is 1. The zero-order valence-corrected chi connectivity index (χ0v) is 18.5. The summed E-state index contributed by atoms with van der Waals surface area (Å²) in [4.78, 5) is 25.1. The smallest absolute Gasteiger partial charge is 0.229 e. The minimum atomic E-state index is -0.0895. The molecule has 8 heteroatoms. The summed E-state index contributed by atoms with van der Waals surface area (Å²) in [7, 11) is 0. The number of ketones is 1. The van der Waals surface area contributed by atoms with Crippen LogP contribution in [-0.4, -0.2) is 39.1 Å². The number of nitrogens with one attached hydrogen (secondary N) is 2. The van der Waals surface area contributed by atoms with E-state index < -0.39 is 0 Å². The molecule has 0 saturated carbocycles. The van der Waals surface area contributed by atoms with Crippen LogP contribution in [0, 0.1) is 20.8 Å². The van der Waals surface area contributed by atoms with Crippen LogP contribution in [0.15, 0.2) is 49.3 Å². The van der Waals surface area contributed by atoms with Crippen LogP contribution in [0.25, 0.3) is 0 Å². The minimum Gasteiger partial charge on any atom is -0.475 e. The number of aryl methyl sites for hydroxylation is 3. The summed E-state index contributed by atoms with van der Waals surface area (Å²) < 4.78 is 5.39. The Hall–Kier alpha value is -3.78. The molecule has 0 aliphatic carbocycles. The molecular formula is C24H27N5O3. The number of aliphatic hydroxyl groups is 1. The Labute approximate surface area is 187 Å². The number of hydrogen-bond donors (Lipinski definition) is 3. The van der Waals surface area contributed by atoms with Crippen molar-refractivity contribution in [2.24, 2.45) is 0 Å². The molecule has 0 spiro atoms. The molecule has 0 saturated heterocycles. The van der Waals surface area contributed by atoms with E-state index in [9.17, 15) is 4.79 Å². The molecule has 8 nitrogen and oxygen atoms in total. The first-order chi connectivity index (χ1) is 15.4. The molecule has 2 aromatic heterocycles. The highest BCUT2D eigenvalue weighted by Crippen LogP contribution is 2.26. The van der Waals surface area contributed by atoms with Gasteiger partial charge in [0.25, 0.3) is 0 Å². The molecule has 2 heterocycles. The molecule has 0 aliphatic heterocycles. The van der Waals surface area contributed by atoms with Crippen molar-refractivity contribution in [2.45, 2.75) is 27.2 Å². The van der Waals surface area contributed by atoms with E-state index in [1.165, 1.54) is 6.08 Å². The largest absolute Gasteiger partial charge is 0.475 e. The number of rotatable bonds is 10. The SMILES string of the molecule is C=CC(=O)Cc1cc(C)ccc1Nc1nc(Nc2cc(OCCO)ncc2C)ncc1C. The molecule has 0 bridgehead atoms. The lowest BCUT2D eigenvalue weighted by atomic mass is 10.0. The van der Waals surface area contributed by atoms with Crippen LogP contribution in [-0.2, 0) is 11.2 Å². The van der Waals surface area contributed by atoms with Crippen molar-refractivity contribution >= 4 is 28.9 Å². The Morgan fingerprint density at radius 1 is 1.09 bits per heavy atom. The molecule has 32 heavy (non-hydrogen) atoms. The fourth-order valence-electron chi connectivity index (χ4n) is 3.00. The molecule has 0 unspecified atom stereocenters. The van der Waals surface area contributed by atoms with Crippen molar-refractivity contribution in [1.29, 1.82) is 0 Å². The summed E-state index contributed by atoms with van der Waals surface area (Å²) in [5.41, 5.74) is 5.24. The van der Waals surface area contributed by atoms with Gasteiger partial charge in [-0.1, -0.05) is 24.3 Å². The van der Waals surface area contributed by atoms with Crippen LogP contribution >= 0.6 is 0 Å². The van der Waals surface area contributed by atoms with E-state index in [2.05, 4.69) is 32.2 Å². The summed E-state index contributed by atoms with van der Waals surface area (Å²) in [6, 6.07) is 7.63. The molecule has 0 amide bonds. The van der Waals surface area contributed by atoms with Gasteiger partial charge in [0.1, 0.15) is 12.4 Å². The Morgan fingerprint density at radius 2 is 1.88 bits per heavy atom. The lowest BCUT2D eigenvalue weighted by Crippen LogP contribution is -2.07. The Kier molecular flexibility index (Phi) is 7.51. The highest BCUT2D eigenvalue weighted by molar-refractivity contribution is 5.92. The van der Waals surface area contributed by atoms with Gasteiger partial charge in [-0.3, -0.25) is 4.79 Å². The second-order valence-electron chi connectivity index (χ2n) is 7.39. The van der Waals surface area contributed by atoms with E-state index in [1.807, 2.05) is 39.0 Å². The summed E-state index contributed by atoms with van der Waals surface area (Å²) in [6.07, 6.45) is 4.99. The summed E-state index contributed by atoms with van der Waals surface area (Å²) in [5.74, 6) is 1.38. The Bertz CT molecular complexity index is 1130. The molecule has 1 aromatic carbocycles. The number of pyridine rings is 1. The summed E-state index contributed by atoms with van der Waals surface area (Å²) in [6.45, 7) is 9.44. The van der Waals surface area contributed by atoms with Crippen LogP contribution < -0.4 is 15.4 Å². The lowest BCUT2D eigenvalue weighted by molar-refractivity contribution is -0.114. The van der Waals surface area contributed by atoms with Crippen LogP contribution in [0.2, 0.25) is 0 Å². The third kappa shape index (κ3) is 5.89. The Balaban J connectivity index is 1.86. The van der Waals surface area contributed by atoms with E-state index in [0.29, 0.717) is 17.6 Å². The van der Waals surface area contributed by atoms with Crippen LogP contribution in [0.3, 0.4) is 0 Å². The summed E-state index contributed by atoms with van der Waals surface area (Å²) in [5, 5.41) is 15.5. The number of carbonyl (C=O) groups excluding carboxylic acids is 1.